The summed E-state index contributed by atoms with van der Waals surface area (Å²) in [5.74, 6) is -1.50. The van der Waals surface area contributed by atoms with Crippen LogP contribution in [-0.2, 0) is 0 Å². The van der Waals surface area contributed by atoms with Crippen LogP contribution in [0.25, 0.3) is 0 Å². The highest BCUT2D eigenvalue weighted by atomic mass is 79.9. The molecule has 2 aromatic rings. The Morgan fingerprint density at radius 2 is 1.95 bits per heavy atom. The maximum absolute atomic E-state index is 13.6. The van der Waals surface area contributed by atoms with Crippen LogP contribution < -0.4 is 5.32 Å². The third-order valence-electron chi connectivity index (χ3n) is 2.60. The van der Waals surface area contributed by atoms with Crippen molar-refractivity contribution in [1.82, 2.24) is 0 Å². The molecule has 2 N–H and O–H groups in total. The van der Waals surface area contributed by atoms with Crippen LogP contribution in [0.4, 0.5) is 15.8 Å². The second-order valence-corrected chi connectivity index (χ2v) is 5.02. The molecule has 0 aromatic heterocycles. The number of hydrogen-bond donors (Lipinski definition) is 2. The topological polar surface area (TPSA) is 49.3 Å². The number of rotatable bonds is 3. The van der Waals surface area contributed by atoms with Crippen LogP contribution in [0.2, 0.25) is 0 Å². The van der Waals surface area contributed by atoms with Crippen LogP contribution in [0.3, 0.4) is 0 Å². The van der Waals surface area contributed by atoms with Gasteiger partial charge in [0.25, 0.3) is 0 Å². The first kappa shape index (κ1) is 13.5. The monoisotopic (exact) mass is 323 g/mol. The van der Waals surface area contributed by atoms with Gasteiger partial charge in [-0.25, -0.2) is 9.18 Å². The molecule has 0 aliphatic carbocycles. The minimum Gasteiger partial charge on any atom is -0.478 e. The summed E-state index contributed by atoms with van der Waals surface area (Å²) in [7, 11) is 0. The molecular formula is C14H11BrFNO2. The summed E-state index contributed by atoms with van der Waals surface area (Å²) in [6.45, 7) is 1.80. The van der Waals surface area contributed by atoms with Crippen molar-refractivity contribution in [1.29, 1.82) is 0 Å². The van der Waals surface area contributed by atoms with Crippen molar-refractivity contribution in [2.75, 3.05) is 5.32 Å². The van der Waals surface area contributed by atoms with E-state index < -0.39 is 11.8 Å². The summed E-state index contributed by atoms with van der Waals surface area (Å²) in [4.78, 5) is 11.2. The first-order valence-corrected chi connectivity index (χ1v) is 6.32. The fourth-order valence-electron chi connectivity index (χ4n) is 1.68. The third kappa shape index (κ3) is 3.12. The Kier molecular flexibility index (Phi) is 3.85. The average molecular weight is 324 g/mol. The quantitative estimate of drug-likeness (QED) is 0.883. The Hall–Kier alpha value is -1.88. The van der Waals surface area contributed by atoms with Crippen molar-refractivity contribution in [3.63, 3.8) is 0 Å². The van der Waals surface area contributed by atoms with Crippen LogP contribution in [0.15, 0.2) is 40.9 Å². The van der Waals surface area contributed by atoms with Crippen LogP contribution in [0, 0.1) is 12.7 Å². The van der Waals surface area contributed by atoms with Crippen molar-refractivity contribution < 1.29 is 14.3 Å². The van der Waals surface area contributed by atoms with Crippen LogP contribution in [-0.4, -0.2) is 11.1 Å². The van der Waals surface area contributed by atoms with E-state index in [2.05, 4.69) is 21.2 Å². The van der Waals surface area contributed by atoms with Gasteiger partial charge in [0.15, 0.2) is 0 Å². The Labute approximate surface area is 118 Å². The van der Waals surface area contributed by atoms with Crippen LogP contribution >= 0.6 is 15.9 Å². The summed E-state index contributed by atoms with van der Waals surface area (Å²) in [6.07, 6.45) is 0. The molecule has 3 nitrogen and oxygen atoms in total. The van der Waals surface area contributed by atoms with Crippen molar-refractivity contribution in [3.05, 3.63) is 57.8 Å². The number of aromatic carboxylic acids is 1. The van der Waals surface area contributed by atoms with E-state index in [0.717, 1.165) is 5.56 Å². The lowest BCUT2D eigenvalue weighted by Gasteiger charge is -2.11. The Morgan fingerprint density at radius 1 is 1.21 bits per heavy atom. The molecule has 19 heavy (non-hydrogen) atoms. The largest absolute Gasteiger partial charge is 0.478 e. The van der Waals surface area contributed by atoms with E-state index in [1.807, 2.05) is 0 Å². The van der Waals surface area contributed by atoms with Gasteiger partial charge in [-0.05, 0) is 37.3 Å². The zero-order valence-corrected chi connectivity index (χ0v) is 11.7. The minimum absolute atomic E-state index is 0.111. The lowest BCUT2D eigenvalue weighted by molar-refractivity contribution is 0.0698. The zero-order chi connectivity index (χ0) is 14.0. The molecule has 98 valence electrons. The number of nitrogens with one attached hydrogen (secondary N) is 1. The standard InChI is InChI=1S/C14H11BrFNO2/c1-8-2-5-12(10(6-8)14(18)19)17-13-7-9(15)3-4-11(13)16/h2-7,17H,1H3,(H,18,19). The highest BCUT2D eigenvalue weighted by Gasteiger charge is 2.12. The minimum atomic E-state index is -1.05. The Balaban J connectivity index is 2.43. The van der Waals surface area contributed by atoms with Gasteiger partial charge in [-0.15, -0.1) is 0 Å². The van der Waals surface area contributed by atoms with E-state index in [9.17, 15) is 9.18 Å². The first-order chi connectivity index (χ1) is 8.97. The van der Waals surface area contributed by atoms with E-state index >= 15 is 0 Å². The van der Waals surface area contributed by atoms with Gasteiger partial charge in [0.05, 0.1) is 16.9 Å². The van der Waals surface area contributed by atoms with Gasteiger partial charge in [-0.1, -0.05) is 27.6 Å². The zero-order valence-electron chi connectivity index (χ0n) is 10.1. The molecule has 0 aliphatic heterocycles. The number of benzene rings is 2. The third-order valence-corrected chi connectivity index (χ3v) is 3.10. The lowest BCUT2D eigenvalue weighted by Crippen LogP contribution is -2.04. The van der Waals surface area contributed by atoms with Gasteiger partial charge >= 0.3 is 5.97 Å². The number of halogens is 2. The molecule has 0 heterocycles. The number of aryl methyl sites for hydroxylation is 1. The molecule has 0 bridgehead atoms. The summed E-state index contributed by atoms with van der Waals surface area (Å²) in [5.41, 5.74) is 1.52. The van der Waals surface area contributed by atoms with Crippen molar-refractivity contribution >= 4 is 33.3 Å². The van der Waals surface area contributed by atoms with Crippen molar-refractivity contribution in [3.8, 4) is 0 Å². The molecule has 0 saturated carbocycles. The van der Waals surface area contributed by atoms with E-state index in [-0.39, 0.29) is 11.3 Å². The molecule has 2 rings (SSSR count). The van der Waals surface area contributed by atoms with E-state index in [4.69, 9.17) is 5.11 Å². The molecule has 2 aromatic carbocycles. The molecule has 0 radical (unpaired) electrons. The summed E-state index contributed by atoms with van der Waals surface area (Å²) in [5, 5.41) is 12.0. The highest BCUT2D eigenvalue weighted by Crippen LogP contribution is 2.26. The molecule has 0 spiro atoms. The maximum Gasteiger partial charge on any atom is 0.337 e. The molecule has 0 atom stereocenters. The lowest BCUT2D eigenvalue weighted by atomic mass is 10.1. The molecule has 0 fully saturated rings. The number of anilines is 2. The molecule has 0 aliphatic rings. The van der Waals surface area contributed by atoms with Gasteiger partial charge in [0.2, 0.25) is 0 Å². The fraction of sp³-hybridized carbons (Fsp3) is 0.0714. The predicted molar refractivity (Wildman–Crippen MR) is 75.5 cm³/mol. The number of carbonyl (C=O) groups is 1. The smallest absolute Gasteiger partial charge is 0.337 e. The SMILES string of the molecule is Cc1ccc(Nc2cc(Br)ccc2F)c(C(=O)O)c1. The number of carboxylic acids is 1. The van der Waals surface area contributed by atoms with Crippen LogP contribution in [0.5, 0.6) is 0 Å². The maximum atomic E-state index is 13.6. The van der Waals surface area contributed by atoms with Crippen molar-refractivity contribution in [2.24, 2.45) is 0 Å². The van der Waals surface area contributed by atoms with E-state index in [1.54, 1.807) is 37.3 Å². The predicted octanol–water partition coefficient (Wildman–Crippen LogP) is 4.34. The highest BCUT2D eigenvalue weighted by molar-refractivity contribution is 9.10. The number of carboxylic acid groups (broad SMARTS) is 1. The second kappa shape index (κ2) is 5.40. The molecule has 0 unspecified atom stereocenters. The number of hydrogen-bond acceptors (Lipinski definition) is 2. The van der Waals surface area contributed by atoms with Gasteiger partial charge in [0, 0.05) is 4.47 Å². The van der Waals surface area contributed by atoms with Gasteiger partial charge < -0.3 is 10.4 Å². The van der Waals surface area contributed by atoms with Crippen LogP contribution in [0.1, 0.15) is 15.9 Å². The molecule has 5 heteroatoms. The summed E-state index contributed by atoms with van der Waals surface area (Å²) >= 11 is 3.25. The summed E-state index contributed by atoms with van der Waals surface area (Å²) < 4.78 is 14.3. The fourth-order valence-corrected chi connectivity index (χ4v) is 2.04. The molecule has 0 saturated heterocycles. The van der Waals surface area contributed by atoms with Gasteiger partial charge in [-0.3, -0.25) is 0 Å². The van der Waals surface area contributed by atoms with Gasteiger partial charge in [0.1, 0.15) is 5.82 Å². The second-order valence-electron chi connectivity index (χ2n) is 4.10. The van der Waals surface area contributed by atoms with Gasteiger partial charge in [-0.2, -0.15) is 0 Å². The Bertz CT molecular complexity index is 643. The van der Waals surface area contributed by atoms with Crippen molar-refractivity contribution in [2.45, 2.75) is 6.92 Å². The first-order valence-electron chi connectivity index (χ1n) is 5.53. The Morgan fingerprint density at radius 3 is 2.63 bits per heavy atom. The van der Waals surface area contributed by atoms with E-state index in [0.29, 0.717) is 10.2 Å². The molecule has 0 amide bonds. The summed E-state index contributed by atoms with van der Waals surface area (Å²) in [6, 6.07) is 9.37. The normalized spacial score (nSPS) is 10.3. The van der Waals surface area contributed by atoms with E-state index in [1.165, 1.54) is 6.07 Å². The average Bonchev–Trinajstić information content (AvgIpc) is 2.35. The molecular weight excluding hydrogens is 313 g/mol.